The third-order valence-electron chi connectivity index (χ3n) is 4.78. The standard InChI is InChI=1S/C22H21N3O6/c1-28-18-12-14(6-5-9-17-21(26)24-22(27)30-17)10-11-16(18)29-13-19-23-20(25-31-19)15-7-3-2-4-8-15/h2-4,7-8,10-12,17H,5-6,9,13H2,1H3,(H,24,26,27). The first kappa shape index (κ1) is 20.4. The molecule has 2 amide bonds. The number of benzene rings is 2. The highest BCUT2D eigenvalue weighted by Gasteiger charge is 2.31. The average Bonchev–Trinajstić information content (AvgIpc) is 3.39. The van der Waals surface area contributed by atoms with E-state index in [1.165, 1.54) is 0 Å². The Hall–Kier alpha value is -3.88. The highest BCUT2D eigenvalue weighted by atomic mass is 16.6. The molecule has 1 N–H and O–H groups in total. The first-order valence-electron chi connectivity index (χ1n) is 9.81. The zero-order valence-corrected chi connectivity index (χ0v) is 16.9. The van der Waals surface area contributed by atoms with Crippen LogP contribution in [-0.2, 0) is 22.6 Å². The van der Waals surface area contributed by atoms with Gasteiger partial charge in [-0.25, -0.2) is 4.79 Å². The second kappa shape index (κ2) is 9.29. The first-order valence-corrected chi connectivity index (χ1v) is 9.81. The molecule has 0 spiro atoms. The maximum atomic E-state index is 11.5. The summed E-state index contributed by atoms with van der Waals surface area (Å²) < 4.78 is 21.4. The molecule has 2 heterocycles. The third-order valence-corrected chi connectivity index (χ3v) is 4.78. The van der Waals surface area contributed by atoms with Crippen LogP contribution in [0.15, 0.2) is 53.1 Å². The monoisotopic (exact) mass is 423 g/mol. The number of aromatic nitrogens is 2. The van der Waals surface area contributed by atoms with Crippen LogP contribution < -0.4 is 14.8 Å². The van der Waals surface area contributed by atoms with E-state index in [2.05, 4.69) is 15.5 Å². The van der Waals surface area contributed by atoms with Gasteiger partial charge in [-0.05, 0) is 37.0 Å². The van der Waals surface area contributed by atoms with Gasteiger partial charge in [0.25, 0.3) is 11.8 Å². The predicted molar refractivity (Wildman–Crippen MR) is 108 cm³/mol. The number of carbonyl (C=O) groups excluding carboxylic acids is 2. The van der Waals surface area contributed by atoms with Crippen molar-refractivity contribution in [2.75, 3.05) is 7.11 Å². The quantitative estimate of drug-likeness (QED) is 0.558. The molecule has 31 heavy (non-hydrogen) atoms. The molecule has 0 radical (unpaired) electrons. The Morgan fingerprint density at radius 3 is 2.68 bits per heavy atom. The number of cyclic esters (lactones) is 1. The highest BCUT2D eigenvalue weighted by molar-refractivity contribution is 5.99. The molecule has 9 heteroatoms. The number of amides is 2. The van der Waals surface area contributed by atoms with Crippen molar-refractivity contribution in [1.29, 1.82) is 0 Å². The lowest BCUT2D eigenvalue weighted by Gasteiger charge is -2.11. The van der Waals surface area contributed by atoms with Crippen LogP contribution in [0.5, 0.6) is 11.5 Å². The van der Waals surface area contributed by atoms with Gasteiger partial charge in [-0.15, -0.1) is 0 Å². The molecule has 0 aliphatic carbocycles. The first-order chi connectivity index (χ1) is 15.1. The number of rotatable bonds is 9. The lowest BCUT2D eigenvalue weighted by Crippen LogP contribution is -2.24. The molecule has 160 valence electrons. The number of methoxy groups -OCH3 is 1. The van der Waals surface area contributed by atoms with Crippen molar-refractivity contribution in [3.05, 3.63) is 60.0 Å². The summed E-state index contributed by atoms with van der Waals surface area (Å²) in [6, 6.07) is 15.1. The molecule has 1 aromatic heterocycles. The van der Waals surface area contributed by atoms with E-state index in [1.54, 1.807) is 7.11 Å². The summed E-state index contributed by atoms with van der Waals surface area (Å²) in [7, 11) is 1.56. The SMILES string of the molecule is COc1cc(CCCC2OC(=O)NC2=O)ccc1OCc1nc(-c2ccccc2)no1. The lowest BCUT2D eigenvalue weighted by molar-refractivity contribution is -0.123. The Morgan fingerprint density at radius 1 is 1.10 bits per heavy atom. The van der Waals surface area contributed by atoms with Gasteiger partial charge in [0.05, 0.1) is 7.11 Å². The van der Waals surface area contributed by atoms with Gasteiger partial charge in [-0.3, -0.25) is 10.1 Å². The summed E-state index contributed by atoms with van der Waals surface area (Å²) in [5.41, 5.74) is 1.88. The third kappa shape index (κ3) is 5.00. The molecule has 1 saturated heterocycles. The Labute approximate surface area is 178 Å². The predicted octanol–water partition coefficient (Wildman–Crippen LogP) is 3.28. The Kier molecular flexibility index (Phi) is 6.11. The zero-order valence-electron chi connectivity index (χ0n) is 16.9. The summed E-state index contributed by atoms with van der Waals surface area (Å²) in [4.78, 5) is 26.9. The zero-order chi connectivity index (χ0) is 21.6. The number of imide groups is 1. The molecule has 0 bridgehead atoms. The number of aryl methyl sites for hydroxylation is 1. The summed E-state index contributed by atoms with van der Waals surface area (Å²) in [6.07, 6.45) is 0.433. The topological polar surface area (TPSA) is 113 Å². The van der Waals surface area contributed by atoms with Gasteiger partial charge >= 0.3 is 6.09 Å². The molecule has 1 aliphatic heterocycles. The molecule has 1 atom stereocenters. The van der Waals surface area contributed by atoms with Crippen molar-refractivity contribution in [1.82, 2.24) is 15.5 Å². The second-order valence-electron chi connectivity index (χ2n) is 6.93. The number of carbonyl (C=O) groups is 2. The van der Waals surface area contributed by atoms with Crippen LogP contribution >= 0.6 is 0 Å². The van der Waals surface area contributed by atoms with Crippen LogP contribution in [0, 0.1) is 0 Å². The molecule has 9 nitrogen and oxygen atoms in total. The average molecular weight is 423 g/mol. The maximum Gasteiger partial charge on any atom is 0.414 e. The van der Waals surface area contributed by atoms with E-state index in [0.717, 1.165) is 11.1 Å². The van der Waals surface area contributed by atoms with Crippen LogP contribution in [0.1, 0.15) is 24.3 Å². The van der Waals surface area contributed by atoms with Crippen LogP contribution in [0.2, 0.25) is 0 Å². The van der Waals surface area contributed by atoms with E-state index >= 15 is 0 Å². The van der Waals surface area contributed by atoms with Crippen molar-refractivity contribution in [2.24, 2.45) is 0 Å². The van der Waals surface area contributed by atoms with E-state index in [9.17, 15) is 9.59 Å². The molecular weight excluding hydrogens is 402 g/mol. The minimum Gasteiger partial charge on any atom is -0.493 e. The summed E-state index contributed by atoms with van der Waals surface area (Å²) >= 11 is 0. The van der Waals surface area contributed by atoms with Crippen LogP contribution in [0.3, 0.4) is 0 Å². The fourth-order valence-electron chi connectivity index (χ4n) is 3.22. The summed E-state index contributed by atoms with van der Waals surface area (Å²) in [5, 5.41) is 6.10. The number of ether oxygens (including phenoxy) is 3. The van der Waals surface area contributed by atoms with Gasteiger partial charge in [0.1, 0.15) is 0 Å². The van der Waals surface area contributed by atoms with Crippen molar-refractivity contribution >= 4 is 12.0 Å². The molecule has 1 unspecified atom stereocenters. The molecule has 4 rings (SSSR count). The number of alkyl carbamates (subject to hydrolysis) is 1. The minimum atomic E-state index is -0.716. The van der Waals surface area contributed by atoms with Crippen LogP contribution in [0.25, 0.3) is 11.4 Å². The van der Waals surface area contributed by atoms with Gasteiger partial charge < -0.3 is 18.7 Å². The van der Waals surface area contributed by atoms with E-state index in [-0.39, 0.29) is 12.5 Å². The second-order valence-corrected chi connectivity index (χ2v) is 6.93. The molecule has 0 saturated carbocycles. The fourth-order valence-corrected chi connectivity index (χ4v) is 3.22. The van der Waals surface area contributed by atoms with Crippen molar-refractivity contribution in [2.45, 2.75) is 32.0 Å². The summed E-state index contributed by atoms with van der Waals surface area (Å²) in [6.45, 7) is 0.109. The number of nitrogens with zero attached hydrogens (tertiary/aromatic N) is 2. The van der Waals surface area contributed by atoms with Gasteiger partial charge in [0, 0.05) is 5.56 Å². The van der Waals surface area contributed by atoms with Crippen LogP contribution in [0.4, 0.5) is 4.79 Å². The Bertz CT molecular complexity index is 1070. The van der Waals surface area contributed by atoms with E-state index in [1.807, 2.05) is 48.5 Å². The van der Waals surface area contributed by atoms with Crippen LogP contribution in [-0.4, -0.2) is 35.4 Å². The lowest BCUT2D eigenvalue weighted by atomic mass is 10.1. The Morgan fingerprint density at radius 2 is 1.94 bits per heavy atom. The van der Waals surface area contributed by atoms with E-state index in [4.69, 9.17) is 18.7 Å². The van der Waals surface area contributed by atoms with Gasteiger partial charge in [0.2, 0.25) is 5.82 Å². The number of nitrogens with one attached hydrogen (secondary N) is 1. The minimum absolute atomic E-state index is 0.109. The molecule has 2 aromatic carbocycles. The number of hydrogen-bond acceptors (Lipinski definition) is 8. The fraction of sp³-hybridized carbons (Fsp3) is 0.273. The smallest absolute Gasteiger partial charge is 0.414 e. The molecule has 1 aliphatic rings. The highest BCUT2D eigenvalue weighted by Crippen LogP contribution is 2.29. The van der Waals surface area contributed by atoms with Crippen molar-refractivity contribution < 1.29 is 28.3 Å². The normalized spacial score (nSPS) is 15.5. The Balaban J connectivity index is 1.32. The largest absolute Gasteiger partial charge is 0.493 e. The summed E-state index contributed by atoms with van der Waals surface area (Å²) in [5.74, 6) is 1.60. The van der Waals surface area contributed by atoms with Gasteiger partial charge in [0.15, 0.2) is 24.2 Å². The van der Waals surface area contributed by atoms with E-state index in [0.29, 0.717) is 42.5 Å². The molecule has 3 aromatic rings. The molecular formula is C22H21N3O6. The van der Waals surface area contributed by atoms with Gasteiger partial charge in [-0.2, -0.15) is 4.98 Å². The van der Waals surface area contributed by atoms with Crippen molar-refractivity contribution in [3.63, 3.8) is 0 Å². The molecule has 1 fully saturated rings. The van der Waals surface area contributed by atoms with Crippen molar-refractivity contribution in [3.8, 4) is 22.9 Å². The van der Waals surface area contributed by atoms with E-state index < -0.39 is 12.2 Å². The number of hydrogen-bond donors (Lipinski definition) is 1. The maximum absolute atomic E-state index is 11.5. The van der Waals surface area contributed by atoms with Gasteiger partial charge in [-0.1, -0.05) is 41.6 Å².